The lowest BCUT2D eigenvalue weighted by molar-refractivity contribution is 0.102. The molecule has 0 saturated heterocycles. The molecule has 21 heavy (non-hydrogen) atoms. The van der Waals surface area contributed by atoms with Gasteiger partial charge in [0.2, 0.25) is 0 Å². The quantitative estimate of drug-likeness (QED) is 0.755. The summed E-state index contributed by atoms with van der Waals surface area (Å²) in [6.45, 7) is 1.88. The minimum absolute atomic E-state index is 0.274. The number of carbonyl (C=O) groups excluding carboxylic acids is 1. The lowest BCUT2D eigenvalue weighted by atomic mass is 10.1. The van der Waals surface area contributed by atoms with Crippen LogP contribution in [0.3, 0.4) is 0 Å². The summed E-state index contributed by atoms with van der Waals surface area (Å²) in [7, 11) is 0. The van der Waals surface area contributed by atoms with Crippen molar-refractivity contribution in [1.82, 2.24) is 9.97 Å². The van der Waals surface area contributed by atoms with E-state index in [9.17, 15) is 4.79 Å². The molecule has 0 atom stereocenters. The maximum absolute atomic E-state index is 12.3. The fraction of sp³-hybridized carbons (Fsp3) is 0.0625. The second-order valence-corrected chi connectivity index (χ2v) is 4.74. The molecule has 5 nitrogen and oxygen atoms in total. The highest BCUT2D eigenvalue weighted by Gasteiger charge is 2.12. The van der Waals surface area contributed by atoms with Crippen LogP contribution in [0.25, 0.3) is 10.9 Å². The number of carbonyl (C=O) groups is 1. The highest BCUT2D eigenvalue weighted by Crippen LogP contribution is 2.20. The first-order valence-electron chi connectivity index (χ1n) is 6.53. The Balaban J connectivity index is 1.97. The molecule has 0 saturated carbocycles. The minimum atomic E-state index is -0.325. The summed E-state index contributed by atoms with van der Waals surface area (Å²) >= 11 is 0. The SMILES string of the molecule is Cc1cccnc1NC(=O)c1cc(N)c2ccccc2n1. The number of benzene rings is 1. The van der Waals surface area contributed by atoms with Crippen LogP contribution in [-0.2, 0) is 0 Å². The van der Waals surface area contributed by atoms with Gasteiger partial charge >= 0.3 is 0 Å². The van der Waals surface area contributed by atoms with Crippen molar-refractivity contribution in [3.8, 4) is 0 Å². The van der Waals surface area contributed by atoms with Crippen LogP contribution in [0.5, 0.6) is 0 Å². The number of fused-ring (bicyclic) bond motifs is 1. The molecule has 2 heterocycles. The number of amides is 1. The summed E-state index contributed by atoms with van der Waals surface area (Å²) in [5, 5.41) is 3.59. The Morgan fingerprint density at radius 3 is 2.81 bits per heavy atom. The predicted octanol–water partition coefficient (Wildman–Crippen LogP) is 2.77. The van der Waals surface area contributed by atoms with Gasteiger partial charge in [-0.25, -0.2) is 9.97 Å². The maximum atomic E-state index is 12.3. The molecule has 0 aliphatic carbocycles. The van der Waals surface area contributed by atoms with E-state index < -0.39 is 0 Å². The molecule has 5 heteroatoms. The first kappa shape index (κ1) is 13.1. The molecule has 0 spiro atoms. The van der Waals surface area contributed by atoms with Crippen molar-refractivity contribution >= 4 is 28.3 Å². The Kier molecular flexibility index (Phi) is 3.23. The number of para-hydroxylation sites is 1. The number of pyridine rings is 2. The summed E-state index contributed by atoms with van der Waals surface area (Å²) in [6.07, 6.45) is 1.63. The van der Waals surface area contributed by atoms with Gasteiger partial charge in [0, 0.05) is 17.3 Å². The van der Waals surface area contributed by atoms with Gasteiger partial charge < -0.3 is 11.1 Å². The third kappa shape index (κ3) is 2.53. The minimum Gasteiger partial charge on any atom is -0.398 e. The van der Waals surface area contributed by atoms with Crippen molar-refractivity contribution in [3.05, 3.63) is 59.9 Å². The number of nitrogens with one attached hydrogen (secondary N) is 1. The molecule has 0 bridgehead atoms. The molecule has 1 amide bonds. The number of nitrogen functional groups attached to an aromatic ring is 1. The zero-order valence-corrected chi connectivity index (χ0v) is 11.5. The fourth-order valence-electron chi connectivity index (χ4n) is 2.11. The number of nitrogens with two attached hydrogens (primary N) is 1. The Labute approximate surface area is 121 Å². The summed E-state index contributed by atoms with van der Waals surface area (Å²) in [6, 6.07) is 12.7. The normalized spacial score (nSPS) is 10.5. The van der Waals surface area contributed by atoms with Crippen LogP contribution >= 0.6 is 0 Å². The highest BCUT2D eigenvalue weighted by atomic mass is 16.1. The van der Waals surface area contributed by atoms with Crippen molar-refractivity contribution < 1.29 is 4.79 Å². The smallest absolute Gasteiger partial charge is 0.275 e. The summed E-state index contributed by atoms with van der Waals surface area (Å²) in [5.74, 6) is 0.199. The summed E-state index contributed by atoms with van der Waals surface area (Å²) < 4.78 is 0. The molecular weight excluding hydrogens is 264 g/mol. The van der Waals surface area contributed by atoms with Gasteiger partial charge in [-0.15, -0.1) is 0 Å². The lowest BCUT2D eigenvalue weighted by Gasteiger charge is -2.08. The Bertz CT molecular complexity index is 829. The first-order valence-corrected chi connectivity index (χ1v) is 6.53. The van der Waals surface area contributed by atoms with Crippen molar-refractivity contribution in [2.24, 2.45) is 0 Å². The summed E-state index contributed by atoms with van der Waals surface area (Å²) in [5.41, 5.74) is 8.37. The van der Waals surface area contributed by atoms with Gasteiger partial charge in [0.05, 0.1) is 5.52 Å². The average molecular weight is 278 g/mol. The van der Waals surface area contributed by atoms with Crippen LogP contribution in [0.4, 0.5) is 11.5 Å². The number of hydrogen-bond acceptors (Lipinski definition) is 4. The Morgan fingerprint density at radius 2 is 2.00 bits per heavy atom. The monoisotopic (exact) mass is 278 g/mol. The molecular formula is C16H14N4O. The third-order valence-electron chi connectivity index (χ3n) is 3.22. The highest BCUT2D eigenvalue weighted by molar-refractivity contribution is 6.05. The van der Waals surface area contributed by atoms with Gasteiger partial charge in [0.1, 0.15) is 11.5 Å². The molecule has 0 radical (unpaired) electrons. The zero-order valence-electron chi connectivity index (χ0n) is 11.5. The van der Waals surface area contributed by atoms with E-state index in [1.54, 1.807) is 12.3 Å². The number of rotatable bonds is 2. The fourth-order valence-corrected chi connectivity index (χ4v) is 2.11. The predicted molar refractivity (Wildman–Crippen MR) is 83.1 cm³/mol. The maximum Gasteiger partial charge on any atom is 0.275 e. The van der Waals surface area contributed by atoms with Crippen LogP contribution in [0.2, 0.25) is 0 Å². The Hall–Kier alpha value is -2.95. The van der Waals surface area contributed by atoms with Gasteiger partial charge in [-0.05, 0) is 30.7 Å². The molecule has 104 valence electrons. The third-order valence-corrected chi connectivity index (χ3v) is 3.22. The van der Waals surface area contributed by atoms with Crippen molar-refractivity contribution in [1.29, 1.82) is 0 Å². The molecule has 2 aromatic heterocycles. The molecule has 3 aromatic rings. The average Bonchev–Trinajstić information content (AvgIpc) is 2.49. The zero-order chi connectivity index (χ0) is 14.8. The van der Waals surface area contributed by atoms with E-state index in [0.29, 0.717) is 17.0 Å². The van der Waals surface area contributed by atoms with Crippen LogP contribution in [-0.4, -0.2) is 15.9 Å². The molecule has 3 rings (SSSR count). The number of aryl methyl sites for hydroxylation is 1. The van der Waals surface area contributed by atoms with Crippen LogP contribution in [0.15, 0.2) is 48.7 Å². The first-order chi connectivity index (χ1) is 10.1. The molecule has 0 fully saturated rings. The van der Waals surface area contributed by atoms with Crippen molar-refractivity contribution in [2.45, 2.75) is 6.92 Å². The van der Waals surface area contributed by atoms with E-state index >= 15 is 0 Å². The van der Waals surface area contributed by atoms with E-state index in [-0.39, 0.29) is 11.6 Å². The standard InChI is InChI=1S/C16H14N4O/c1-10-5-4-8-18-15(10)20-16(21)14-9-12(17)11-6-2-3-7-13(11)19-14/h2-9H,1H3,(H2,17,19)(H,18,20,21). The van der Waals surface area contributed by atoms with E-state index in [1.165, 1.54) is 0 Å². The van der Waals surface area contributed by atoms with Gasteiger partial charge in [0.25, 0.3) is 5.91 Å². The van der Waals surface area contributed by atoms with Crippen LogP contribution in [0, 0.1) is 6.92 Å². The van der Waals surface area contributed by atoms with Crippen molar-refractivity contribution in [2.75, 3.05) is 11.1 Å². The van der Waals surface area contributed by atoms with Crippen LogP contribution < -0.4 is 11.1 Å². The molecule has 0 aliphatic heterocycles. The molecule has 0 aliphatic rings. The largest absolute Gasteiger partial charge is 0.398 e. The van der Waals surface area contributed by atoms with E-state index in [4.69, 9.17) is 5.73 Å². The second kappa shape index (κ2) is 5.20. The van der Waals surface area contributed by atoms with E-state index in [0.717, 1.165) is 10.9 Å². The van der Waals surface area contributed by atoms with Crippen molar-refractivity contribution in [3.63, 3.8) is 0 Å². The molecule has 3 N–H and O–H groups in total. The number of aromatic nitrogens is 2. The van der Waals surface area contributed by atoms with E-state index in [2.05, 4.69) is 15.3 Å². The molecule has 1 aromatic carbocycles. The van der Waals surface area contributed by atoms with Gasteiger partial charge in [0.15, 0.2) is 0 Å². The van der Waals surface area contributed by atoms with E-state index in [1.807, 2.05) is 43.3 Å². The van der Waals surface area contributed by atoms with Gasteiger partial charge in [-0.2, -0.15) is 0 Å². The summed E-state index contributed by atoms with van der Waals surface area (Å²) in [4.78, 5) is 20.8. The molecule has 0 unspecified atom stereocenters. The van der Waals surface area contributed by atoms with Crippen LogP contribution in [0.1, 0.15) is 16.1 Å². The topological polar surface area (TPSA) is 80.9 Å². The number of anilines is 2. The second-order valence-electron chi connectivity index (χ2n) is 4.74. The number of nitrogens with zero attached hydrogens (tertiary/aromatic N) is 2. The Morgan fingerprint density at radius 1 is 1.19 bits per heavy atom. The lowest BCUT2D eigenvalue weighted by Crippen LogP contribution is -2.16. The number of hydrogen-bond donors (Lipinski definition) is 2. The van der Waals surface area contributed by atoms with Gasteiger partial charge in [-0.1, -0.05) is 24.3 Å². The van der Waals surface area contributed by atoms with Gasteiger partial charge in [-0.3, -0.25) is 4.79 Å².